The molecule has 0 bridgehead atoms. The van der Waals surface area contributed by atoms with Crippen molar-refractivity contribution in [2.75, 3.05) is 32.8 Å². The first kappa shape index (κ1) is 18.7. The Balaban J connectivity index is 0.00000192. The Morgan fingerprint density at radius 3 is 2.78 bits per heavy atom. The summed E-state index contributed by atoms with van der Waals surface area (Å²) in [5.41, 5.74) is 1.31. The van der Waals surface area contributed by atoms with Crippen LogP contribution in [0.5, 0.6) is 0 Å². The van der Waals surface area contributed by atoms with Gasteiger partial charge in [0, 0.05) is 44.6 Å². The fourth-order valence-corrected chi connectivity index (χ4v) is 3.66. The van der Waals surface area contributed by atoms with Gasteiger partial charge in [0.05, 0.1) is 12.7 Å². The molecule has 1 aliphatic carbocycles. The summed E-state index contributed by atoms with van der Waals surface area (Å²) >= 11 is 0. The summed E-state index contributed by atoms with van der Waals surface area (Å²) in [6.45, 7) is 5.06. The van der Waals surface area contributed by atoms with Gasteiger partial charge in [0.2, 0.25) is 0 Å². The molecule has 0 aromatic carbocycles. The van der Waals surface area contributed by atoms with E-state index in [-0.39, 0.29) is 12.4 Å². The van der Waals surface area contributed by atoms with Crippen LogP contribution in [0.4, 0.5) is 0 Å². The lowest BCUT2D eigenvalue weighted by Crippen LogP contribution is -2.47. The fourth-order valence-electron chi connectivity index (χ4n) is 3.66. The van der Waals surface area contributed by atoms with Crippen molar-refractivity contribution in [2.24, 2.45) is 0 Å². The lowest BCUT2D eigenvalue weighted by Gasteiger charge is -2.36. The minimum absolute atomic E-state index is 0. The van der Waals surface area contributed by atoms with Crippen molar-refractivity contribution in [1.29, 1.82) is 0 Å². The topological polar surface area (TPSA) is 37.4 Å². The molecule has 1 atom stereocenters. The largest absolute Gasteiger partial charge is 0.377 e. The number of hydrogen-bond donors (Lipinski definition) is 1. The molecule has 3 rings (SSSR count). The van der Waals surface area contributed by atoms with E-state index in [1.165, 1.54) is 44.1 Å². The van der Waals surface area contributed by atoms with Crippen molar-refractivity contribution in [3.8, 4) is 0 Å². The van der Waals surface area contributed by atoms with Crippen LogP contribution in [0.3, 0.4) is 0 Å². The molecule has 1 saturated heterocycles. The predicted octanol–water partition coefficient (Wildman–Crippen LogP) is 3.19. The van der Waals surface area contributed by atoms with E-state index in [1.54, 1.807) is 0 Å². The number of rotatable bonds is 5. The molecule has 130 valence electrons. The van der Waals surface area contributed by atoms with E-state index in [9.17, 15) is 0 Å². The van der Waals surface area contributed by atoms with Crippen molar-refractivity contribution in [3.05, 3.63) is 30.1 Å². The van der Waals surface area contributed by atoms with E-state index in [0.29, 0.717) is 12.1 Å². The molecule has 1 saturated carbocycles. The molecule has 1 aromatic rings. The quantitative estimate of drug-likeness (QED) is 0.836. The van der Waals surface area contributed by atoms with Crippen LogP contribution in [-0.4, -0.2) is 48.8 Å². The van der Waals surface area contributed by atoms with Gasteiger partial charge < -0.3 is 10.1 Å². The summed E-state index contributed by atoms with van der Waals surface area (Å²) in [5, 5.41) is 3.50. The highest BCUT2D eigenvalue weighted by Gasteiger charge is 2.23. The lowest BCUT2D eigenvalue weighted by atomic mass is 10.1. The minimum atomic E-state index is 0. The number of piperazine rings is 1. The third-order valence-corrected chi connectivity index (χ3v) is 4.96. The second-order valence-corrected chi connectivity index (χ2v) is 6.53. The van der Waals surface area contributed by atoms with Gasteiger partial charge in [-0.1, -0.05) is 31.7 Å². The van der Waals surface area contributed by atoms with Gasteiger partial charge in [0.1, 0.15) is 0 Å². The molecule has 5 heteroatoms. The summed E-state index contributed by atoms with van der Waals surface area (Å²) in [5.74, 6) is 0. The predicted molar refractivity (Wildman–Crippen MR) is 96.1 cm³/mol. The highest BCUT2D eigenvalue weighted by Crippen LogP contribution is 2.22. The Bertz CT molecular complexity index is 424. The van der Waals surface area contributed by atoms with Crippen molar-refractivity contribution in [1.82, 2.24) is 15.2 Å². The second-order valence-electron chi connectivity index (χ2n) is 6.53. The van der Waals surface area contributed by atoms with Gasteiger partial charge in [-0.25, -0.2) is 0 Å². The van der Waals surface area contributed by atoms with Crippen LogP contribution in [0.15, 0.2) is 24.5 Å². The summed E-state index contributed by atoms with van der Waals surface area (Å²) in [4.78, 5) is 6.82. The summed E-state index contributed by atoms with van der Waals surface area (Å²) in [7, 11) is 0. The molecule has 1 N–H and O–H groups in total. The van der Waals surface area contributed by atoms with Crippen LogP contribution < -0.4 is 5.32 Å². The van der Waals surface area contributed by atoms with E-state index in [1.807, 2.05) is 18.5 Å². The van der Waals surface area contributed by atoms with Crippen molar-refractivity contribution in [2.45, 2.75) is 50.7 Å². The number of pyridine rings is 1. The van der Waals surface area contributed by atoms with Gasteiger partial charge in [-0.15, -0.1) is 12.4 Å². The first-order valence-electron chi connectivity index (χ1n) is 8.90. The third-order valence-electron chi connectivity index (χ3n) is 4.96. The minimum Gasteiger partial charge on any atom is -0.377 e. The lowest BCUT2D eigenvalue weighted by molar-refractivity contribution is 0.0180. The second kappa shape index (κ2) is 10.2. The Kier molecular flexibility index (Phi) is 8.31. The number of aromatic nitrogens is 1. The van der Waals surface area contributed by atoms with E-state index < -0.39 is 0 Å². The van der Waals surface area contributed by atoms with Crippen LogP contribution in [0.2, 0.25) is 0 Å². The number of nitrogens with zero attached hydrogens (tertiary/aromatic N) is 2. The molecular formula is C18H30ClN3O. The van der Waals surface area contributed by atoms with Gasteiger partial charge in [-0.05, 0) is 24.5 Å². The molecule has 1 aromatic heterocycles. The number of halogens is 1. The molecular weight excluding hydrogens is 310 g/mol. The first-order valence-corrected chi connectivity index (χ1v) is 8.90. The molecule has 4 nitrogen and oxygen atoms in total. The molecule has 2 fully saturated rings. The zero-order valence-electron chi connectivity index (χ0n) is 14.0. The Morgan fingerprint density at radius 2 is 2.04 bits per heavy atom. The van der Waals surface area contributed by atoms with E-state index >= 15 is 0 Å². The smallest absolute Gasteiger partial charge is 0.0597 e. The zero-order valence-corrected chi connectivity index (χ0v) is 14.8. The number of hydrogen-bond acceptors (Lipinski definition) is 4. The van der Waals surface area contributed by atoms with Crippen LogP contribution >= 0.6 is 12.4 Å². The van der Waals surface area contributed by atoms with Gasteiger partial charge in [0.25, 0.3) is 0 Å². The first-order chi connectivity index (χ1) is 10.9. The third kappa shape index (κ3) is 5.71. The maximum absolute atomic E-state index is 6.17. The Morgan fingerprint density at radius 1 is 1.22 bits per heavy atom. The van der Waals surface area contributed by atoms with Crippen LogP contribution in [0.25, 0.3) is 0 Å². The Labute approximate surface area is 146 Å². The monoisotopic (exact) mass is 339 g/mol. The summed E-state index contributed by atoms with van der Waals surface area (Å²) in [6, 6.07) is 4.65. The molecule has 0 amide bonds. The average molecular weight is 340 g/mol. The van der Waals surface area contributed by atoms with Crippen molar-refractivity contribution < 1.29 is 4.74 Å². The van der Waals surface area contributed by atoms with Gasteiger partial charge >= 0.3 is 0 Å². The number of nitrogens with one attached hydrogen (secondary N) is 1. The zero-order chi connectivity index (χ0) is 15.0. The average Bonchev–Trinajstić information content (AvgIpc) is 2.85. The van der Waals surface area contributed by atoms with Gasteiger partial charge in [-0.3, -0.25) is 9.88 Å². The molecule has 0 radical (unpaired) electrons. The van der Waals surface area contributed by atoms with Crippen molar-refractivity contribution in [3.63, 3.8) is 0 Å². The molecule has 2 heterocycles. The summed E-state index contributed by atoms with van der Waals surface area (Å²) in [6.07, 6.45) is 12.3. The molecule has 2 aliphatic rings. The van der Waals surface area contributed by atoms with Crippen molar-refractivity contribution >= 4 is 12.4 Å². The van der Waals surface area contributed by atoms with E-state index in [0.717, 1.165) is 32.8 Å². The SMILES string of the molecule is Cl.c1cncc(C2CNCCN2CCOC2CCCCCC2)c1. The molecule has 0 spiro atoms. The van der Waals surface area contributed by atoms with Crippen LogP contribution in [0, 0.1) is 0 Å². The Hall–Kier alpha value is -0.680. The highest BCUT2D eigenvalue weighted by molar-refractivity contribution is 5.85. The highest BCUT2D eigenvalue weighted by atomic mass is 35.5. The summed E-state index contributed by atoms with van der Waals surface area (Å²) < 4.78 is 6.17. The molecule has 1 aliphatic heterocycles. The van der Waals surface area contributed by atoms with Crippen LogP contribution in [0.1, 0.15) is 50.1 Å². The van der Waals surface area contributed by atoms with Gasteiger partial charge in [0.15, 0.2) is 0 Å². The standard InChI is InChI=1S/C18H29N3O.ClH/c1-2-4-8-17(7-3-1)22-13-12-21-11-10-20-15-18(21)16-6-5-9-19-14-16;/h5-6,9,14,17-18,20H,1-4,7-8,10-13,15H2;1H. The maximum atomic E-state index is 6.17. The fraction of sp³-hybridized carbons (Fsp3) is 0.722. The maximum Gasteiger partial charge on any atom is 0.0597 e. The van der Waals surface area contributed by atoms with Crippen LogP contribution in [-0.2, 0) is 4.74 Å². The van der Waals surface area contributed by atoms with E-state index in [4.69, 9.17) is 4.74 Å². The van der Waals surface area contributed by atoms with Gasteiger partial charge in [-0.2, -0.15) is 0 Å². The molecule has 23 heavy (non-hydrogen) atoms. The molecule has 1 unspecified atom stereocenters. The van der Waals surface area contributed by atoms with E-state index in [2.05, 4.69) is 21.3 Å². The number of ether oxygens (including phenoxy) is 1. The normalized spacial score (nSPS) is 23.9.